The van der Waals surface area contributed by atoms with Crippen LogP contribution in [0.2, 0.25) is 0 Å². The van der Waals surface area contributed by atoms with Crippen molar-refractivity contribution < 1.29 is 24.2 Å². The van der Waals surface area contributed by atoms with Gasteiger partial charge in [-0.2, -0.15) is 0 Å². The molecule has 4 aromatic rings. The number of fused-ring (bicyclic) bond motifs is 1. The summed E-state index contributed by atoms with van der Waals surface area (Å²) in [6.07, 6.45) is 0.0364. The molecule has 34 heavy (non-hydrogen) atoms. The van der Waals surface area contributed by atoms with Crippen LogP contribution in [0.15, 0.2) is 78.9 Å². The maximum absolute atomic E-state index is 13.0. The van der Waals surface area contributed by atoms with Gasteiger partial charge in [-0.25, -0.2) is 4.79 Å². The molecule has 4 rings (SSSR count). The summed E-state index contributed by atoms with van der Waals surface area (Å²) < 4.78 is 5.29. The summed E-state index contributed by atoms with van der Waals surface area (Å²) >= 11 is 0. The fourth-order valence-electron chi connectivity index (χ4n) is 3.70. The lowest BCUT2D eigenvalue weighted by molar-refractivity contribution is -0.139. The number of benzene rings is 3. The molecule has 0 fully saturated rings. The molecule has 8 nitrogen and oxygen atoms in total. The van der Waals surface area contributed by atoms with Gasteiger partial charge in [0, 0.05) is 17.3 Å². The molecule has 4 N–H and O–H groups in total. The van der Waals surface area contributed by atoms with Gasteiger partial charge in [-0.15, -0.1) is 0 Å². The highest BCUT2D eigenvalue weighted by molar-refractivity contribution is 6.10. The molecule has 1 aromatic heterocycles. The van der Waals surface area contributed by atoms with Crippen molar-refractivity contribution >= 4 is 34.4 Å². The van der Waals surface area contributed by atoms with E-state index in [1.165, 1.54) is 13.2 Å². The monoisotopic (exact) mass is 457 g/mol. The van der Waals surface area contributed by atoms with Crippen molar-refractivity contribution in [3.05, 3.63) is 95.7 Å². The zero-order chi connectivity index (χ0) is 24.1. The first-order chi connectivity index (χ1) is 16.5. The largest absolute Gasteiger partial charge is 0.496 e. The number of carbonyl (C=O) groups is 3. The highest BCUT2D eigenvalue weighted by atomic mass is 16.5. The highest BCUT2D eigenvalue weighted by Crippen LogP contribution is 2.21. The van der Waals surface area contributed by atoms with E-state index in [1.807, 2.05) is 24.3 Å². The van der Waals surface area contributed by atoms with Gasteiger partial charge >= 0.3 is 5.97 Å². The second-order valence-corrected chi connectivity index (χ2v) is 7.65. The summed E-state index contributed by atoms with van der Waals surface area (Å²) in [6.45, 7) is 0. The van der Waals surface area contributed by atoms with Crippen LogP contribution < -0.4 is 15.4 Å². The number of anilines is 1. The van der Waals surface area contributed by atoms with Gasteiger partial charge in [0.15, 0.2) is 0 Å². The fraction of sp³-hybridized carbons (Fsp3) is 0.115. The normalized spacial score (nSPS) is 11.6. The summed E-state index contributed by atoms with van der Waals surface area (Å²) in [4.78, 5) is 40.8. The Kier molecular flexibility index (Phi) is 6.59. The summed E-state index contributed by atoms with van der Waals surface area (Å²) in [7, 11) is 1.50. The number of aromatic nitrogens is 1. The molecule has 0 aliphatic heterocycles. The average Bonchev–Trinajstić information content (AvgIpc) is 3.29. The third-order valence-corrected chi connectivity index (χ3v) is 5.41. The van der Waals surface area contributed by atoms with Crippen molar-refractivity contribution in [3.8, 4) is 5.75 Å². The molecule has 2 amide bonds. The minimum atomic E-state index is -1.19. The molecule has 172 valence electrons. The number of rotatable bonds is 8. The number of H-pyrrole nitrogens is 1. The van der Waals surface area contributed by atoms with Crippen molar-refractivity contribution in [2.45, 2.75) is 12.5 Å². The zero-order valence-corrected chi connectivity index (χ0v) is 18.4. The van der Waals surface area contributed by atoms with Gasteiger partial charge in [0.05, 0.1) is 18.4 Å². The molecule has 0 saturated carbocycles. The van der Waals surface area contributed by atoms with Crippen LogP contribution >= 0.6 is 0 Å². The second kappa shape index (κ2) is 9.91. The molecule has 1 heterocycles. The number of carbonyl (C=O) groups excluding carboxylic acids is 2. The number of carboxylic acids is 1. The lowest BCUT2D eigenvalue weighted by Crippen LogP contribution is -2.42. The zero-order valence-electron chi connectivity index (χ0n) is 18.4. The fourth-order valence-corrected chi connectivity index (χ4v) is 3.70. The number of para-hydroxylation sites is 3. The van der Waals surface area contributed by atoms with E-state index in [1.54, 1.807) is 48.5 Å². The molecule has 0 saturated heterocycles. The Bertz CT molecular complexity index is 1330. The van der Waals surface area contributed by atoms with Crippen LogP contribution in [0.5, 0.6) is 5.75 Å². The van der Waals surface area contributed by atoms with Gasteiger partial charge in [-0.05, 0) is 35.9 Å². The molecular formula is C26H23N3O5. The van der Waals surface area contributed by atoms with E-state index >= 15 is 0 Å². The van der Waals surface area contributed by atoms with Crippen LogP contribution in [-0.4, -0.2) is 41.0 Å². The summed E-state index contributed by atoms with van der Waals surface area (Å²) in [5, 5.41) is 15.9. The first kappa shape index (κ1) is 22.6. The van der Waals surface area contributed by atoms with E-state index in [9.17, 15) is 19.5 Å². The summed E-state index contributed by atoms with van der Waals surface area (Å²) in [5.41, 5.74) is 2.23. The van der Waals surface area contributed by atoms with E-state index in [0.29, 0.717) is 17.0 Å². The van der Waals surface area contributed by atoms with E-state index in [-0.39, 0.29) is 17.7 Å². The lowest BCUT2D eigenvalue weighted by Gasteiger charge is -2.17. The van der Waals surface area contributed by atoms with Gasteiger partial charge < -0.3 is 25.5 Å². The quantitative estimate of drug-likeness (QED) is 0.320. The Morgan fingerprint density at radius 2 is 1.65 bits per heavy atom. The van der Waals surface area contributed by atoms with Crippen LogP contribution in [0.1, 0.15) is 26.4 Å². The van der Waals surface area contributed by atoms with Crippen molar-refractivity contribution in [2.24, 2.45) is 0 Å². The van der Waals surface area contributed by atoms with Gasteiger partial charge in [0.25, 0.3) is 11.8 Å². The Morgan fingerprint density at radius 3 is 2.41 bits per heavy atom. The molecule has 1 atom stereocenters. The van der Waals surface area contributed by atoms with Crippen molar-refractivity contribution in [1.82, 2.24) is 10.3 Å². The van der Waals surface area contributed by atoms with Crippen LogP contribution in [0.4, 0.5) is 5.69 Å². The maximum atomic E-state index is 13.0. The minimum Gasteiger partial charge on any atom is -0.496 e. The number of hydrogen-bond donors (Lipinski definition) is 4. The number of ether oxygens (including phenoxy) is 1. The maximum Gasteiger partial charge on any atom is 0.326 e. The number of nitrogens with one attached hydrogen (secondary N) is 3. The van der Waals surface area contributed by atoms with Crippen LogP contribution in [0, 0.1) is 0 Å². The average molecular weight is 457 g/mol. The lowest BCUT2D eigenvalue weighted by atomic mass is 10.0. The molecule has 0 aliphatic rings. The molecule has 0 bridgehead atoms. The molecular weight excluding hydrogens is 434 g/mol. The molecule has 8 heteroatoms. The first-order valence-electron chi connectivity index (χ1n) is 10.6. The summed E-state index contributed by atoms with van der Waals surface area (Å²) in [6, 6.07) is 21.5. The second-order valence-electron chi connectivity index (χ2n) is 7.65. The van der Waals surface area contributed by atoms with Crippen LogP contribution in [-0.2, 0) is 11.2 Å². The van der Waals surface area contributed by atoms with Gasteiger partial charge in [-0.3, -0.25) is 9.59 Å². The van der Waals surface area contributed by atoms with E-state index in [4.69, 9.17) is 4.74 Å². The molecule has 1 unspecified atom stereocenters. The molecule has 3 aromatic carbocycles. The topological polar surface area (TPSA) is 121 Å². The number of hydrogen-bond acceptors (Lipinski definition) is 4. The minimum absolute atomic E-state index is 0.0364. The molecule has 0 spiro atoms. The summed E-state index contributed by atoms with van der Waals surface area (Å²) in [5.74, 6) is -1.68. The van der Waals surface area contributed by atoms with Crippen LogP contribution in [0.25, 0.3) is 10.9 Å². The number of amides is 2. The number of aliphatic carboxylic acids is 1. The van der Waals surface area contributed by atoms with Gasteiger partial charge in [-0.1, -0.05) is 48.5 Å². The van der Waals surface area contributed by atoms with Crippen molar-refractivity contribution in [2.75, 3.05) is 12.4 Å². The number of carboxylic acid groups (broad SMARTS) is 1. The van der Waals surface area contributed by atoms with Gasteiger partial charge in [0.1, 0.15) is 17.5 Å². The Hall–Kier alpha value is -4.59. The Morgan fingerprint density at radius 1 is 0.941 bits per heavy atom. The predicted octanol–water partition coefficient (Wildman–Crippen LogP) is 3.85. The predicted molar refractivity (Wildman–Crippen MR) is 128 cm³/mol. The third kappa shape index (κ3) is 4.91. The third-order valence-electron chi connectivity index (χ3n) is 5.41. The smallest absolute Gasteiger partial charge is 0.326 e. The highest BCUT2D eigenvalue weighted by Gasteiger charge is 2.24. The Balaban J connectivity index is 1.53. The number of methoxy groups -OCH3 is 1. The van der Waals surface area contributed by atoms with E-state index in [2.05, 4.69) is 15.6 Å². The standard InChI is InChI=1S/C26H23N3O5/c1-34-23-13-7-3-9-17(23)15-22(26(32)33)29-24(30)18-10-4-6-12-20(18)28-25(31)21-14-16-8-2-5-11-19(16)27-21/h2-14,22,27H,15H2,1H3,(H,28,31)(H,29,30)(H,32,33). The Labute approximate surface area is 195 Å². The van der Waals surface area contributed by atoms with Crippen molar-refractivity contribution in [1.29, 1.82) is 0 Å². The van der Waals surface area contributed by atoms with E-state index < -0.39 is 23.8 Å². The SMILES string of the molecule is COc1ccccc1CC(NC(=O)c1ccccc1NC(=O)c1cc2ccccc2[nH]1)C(=O)O. The molecule has 0 aliphatic carbocycles. The van der Waals surface area contributed by atoms with Crippen LogP contribution in [0.3, 0.4) is 0 Å². The first-order valence-corrected chi connectivity index (χ1v) is 10.6. The van der Waals surface area contributed by atoms with E-state index in [0.717, 1.165) is 10.9 Å². The number of aromatic amines is 1. The van der Waals surface area contributed by atoms with Gasteiger partial charge in [0.2, 0.25) is 0 Å². The molecule has 0 radical (unpaired) electrons. The van der Waals surface area contributed by atoms with Crippen molar-refractivity contribution in [3.63, 3.8) is 0 Å².